The van der Waals surface area contributed by atoms with Crippen molar-refractivity contribution in [2.24, 2.45) is 0 Å². The molecule has 0 atom stereocenters. The lowest BCUT2D eigenvalue weighted by Gasteiger charge is -2.36. The van der Waals surface area contributed by atoms with Crippen molar-refractivity contribution in [1.82, 2.24) is 9.80 Å². The number of carbonyl (C=O) groups is 2. The highest BCUT2D eigenvalue weighted by molar-refractivity contribution is 5.78. The molecule has 5 heteroatoms. The minimum Gasteiger partial charge on any atom is -0.368 e. The number of hydrogen-bond acceptors (Lipinski definition) is 3. The van der Waals surface area contributed by atoms with Gasteiger partial charge >= 0.3 is 0 Å². The maximum atomic E-state index is 12.5. The van der Waals surface area contributed by atoms with E-state index in [0.29, 0.717) is 13.0 Å². The molecule has 1 aromatic rings. The van der Waals surface area contributed by atoms with Gasteiger partial charge < -0.3 is 14.7 Å². The van der Waals surface area contributed by atoms with Crippen molar-refractivity contribution in [2.45, 2.75) is 46.5 Å². The monoisotopic (exact) mass is 359 g/mol. The Morgan fingerprint density at radius 2 is 1.81 bits per heavy atom. The van der Waals surface area contributed by atoms with E-state index in [0.717, 1.165) is 52.0 Å². The Labute approximate surface area is 158 Å². The predicted molar refractivity (Wildman–Crippen MR) is 106 cm³/mol. The Balaban J connectivity index is 1.77. The number of carbonyl (C=O) groups excluding carboxylic acids is 2. The van der Waals surface area contributed by atoms with Gasteiger partial charge in [0.05, 0.1) is 0 Å². The van der Waals surface area contributed by atoms with Gasteiger partial charge in [0.2, 0.25) is 11.8 Å². The van der Waals surface area contributed by atoms with Crippen LogP contribution >= 0.6 is 0 Å². The van der Waals surface area contributed by atoms with Crippen LogP contribution in [0.15, 0.2) is 24.3 Å². The zero-order valence-corrected chi connectivity index (χ0v) is 16.5. The highest BCUT2D eigenvalue weighted by Gasteiger charge is 2.22. The Kier molecular flexibility index (Phi) is 7.95. The van der Waals surface area contributed by atoms with Crippen molar-refractivity contribution in [1.29, 1.82) is 0 Å². The maximum Gasteiger partial charge on any atom is 0.224 e. The molecule has 0 saturated carbocycles. The Bertz CT molecular complexity index is 595. The van der Waals surface area contributed by atoms with Crippen molar-refractivity contribution in [3.05, 3.63) is 29.8 Å². The lowest BCUT2D eigenvalue weighted by Crippen LogP contribution is -2.49. The molecule has 0 radical (unpaired) electrons. The molecule has 144 valence electrons. The van der Waals surface area contributed by atoms with Crippen LogP contribution in [-0.4, -0.2) is 60.9 Å². The van der Waals surface area contributed by atoms with Gasteiger partial charge in [0.15, 0.2) is 0 Å². The average Bonchev–Trinajstić information content (AvgIpc) is 2.64. The van der Waals surface area contributed by atoms with E-state index < -0.39 is 0 Å². The second-order valence-electron chi connectivity index (χ2n) is 7.17. The van der Waals surface area contributed by atoms with E-state index in [1.54, 1.807) is 6.92 Å². The van der Waals surface area contributed by atoms with E-state index >= 15 is 0 Å². The van der Waals surface area contributed by atoms with Crippen LogP contribution in [0.3, 0.4) is 0 Å². The molecule has 0 N–H and O–H groups in total. The topological polar surface area (TPSA) is 43.9 Å². The summed E-state index contributed by atoms with van der Waals surface area (Å²) in [5.74, 6) is 0.230. The van der Waals surface area contributed by atoms with Gasteiger partial charge in [0, 0.05) is 58.3 Å². The van der Waals surface area contributed by atoms with Crippen molar-refractivity contribution in [2.75, 3.05) is 44.2 Å². The first-order valence-corrected chi connectivity index (χ1v) is 9.86. The zero-order chi connectivity index (χ0) is 18.9. The number of rotatable bonds is 8. The Morgan fingerprint density at radius 3 is 2.42 bits per heavy atom. The van der Waals surface area contributed by atoms with Crippen LogP contribution in [0.1, 0.15) is 45.1 Å². The van der Waals surface area contributed by atoms with Crippen LogP contribution in [0.2, 0.25) is 0 Å². The fourth-order valence-corrected chi connectivity index (χ4v) is 3.41. The summed E-state index contributed by atoms with van der Waals surface area (Å²) in [4.78, 5) is 30.4. The predicted octanol–water partition coefficient (Wildman–Crippen LogP) is 3.07. The Hall–Kier alpha value is -2.04. The van der Waals surface area contributed by atoms with E-state index in [-0.39, 0.29) is 11.8 Å². The first-order chi connectivity index (χ1) is 12.5. The van der Waals surface area contributed by atoms with Crippen LogP contribution in [0.4, 0.5) is 5.69 Å². The average molecular weight is 360 g/mol. The molecule has 0 aromatic heterocycles. The van der Waals surface area contributed by atoms with Gasteiger partial charge in [-0.3, -0.25) is 9.59 Å². The summed E-state index contributed by atoms with van der Waals surface area (Å²) in [5, 5.41) is 0. The second-order valence-corrected chi connectivity index (χ2v) is 7.17. The van der Waals surface area contributed by atoms with Gasteiger partial charge in [-0.15, -0.1) is 0 Å². The lowest BCUT2D eigenvalue weighted by molar-refractivity contribution is -0.133. The van der Waals surface area contributed by atoms with Crippen LogP contribution in [0.5, 0.6) is 0 Å². The molecule has 0 unspecified atom stereocenters. The van der Waals surface area contributed by atoms with Crippen molar-refractivity contribution in [3.8, 4) is 0 Å². The molecule has 1 fully saturated rings. The number of benzene rings is 1. The molecule has 0 aliphatic carbocycles. The van der Waals surface area contributed by atoms with E-state index in [2.05, 4.69) is 43.0 Å². The Morgan fingerprint density at radius 1 is 1.08 bits per heavy atom. The zero-order valence-electron chi connectivity index (χ0n) is 16.5. The number of nitrogens with zero attached hydrogens (tertiary/aromatic N) is 3. The fourth-order valence-electron chi connectivity index (χ4n) is 3.41. The summed E-state index contributed by atoms with van der Waals surface area (Å²) in [6.07, 6.45) is 3.70. The van der Waals surface area contributed by atoms with Gasteiger partial charge in [-0.2, -0.15) is 0 Å². The number of aryl methyl sites for hydroxylation is 1. The highest BCUT2D eigenvalue weighted by atomic mass is 16.2. The summed E-state index contributed by atoms with van der Waals surface area (Å²) in [6.45, 7) is 10.4. The molecule has 26 heavy (non-hydrogen) atoms. The minimum atomic E-state index is 0.0677. The molecule has 1 saturated heterocycles. The SMILES string of the molecule is CCCCCN(CCC(=O)N1CCN(c2cccc(C)c2)CC1)C(C)=O. The molecule has 2 rings (SSSR count). The normalized spacial score (nSPS) is 14.4. The number of piperazine rings is 1. The molecule has 1 aliphatic heterocycles. The van der Waals surface area contributed by atoms with Gasteiger partial charge in [0.1, 0.15) is 0 Å². The van der Waals surface area contributed by atoms with Gasteiger partial charge in [-0.05, 0) is 31.0 Å². The van der Waals surface area contributed by atoms with Crippen molar-refractivity contribution >= 4 is 17.5 Å². The molecule has 2 amide bonds. The summed E-state index contributed by atoms with van der Waals surface area (Å²) >= 11 is 0. The number of hydrogen-bond donors (Lipinski definition) is 0. The maximum absolute atomic E-state index is 12.5. The first kappa shape index (κ1) is 20.3. The fraction of sp³-hybridized carbons (Fsp3) is 0.619. The van der Waals surface area contributed by atoms with Crippen molar-refractivity contribution in [3.63, 3.8) is 0 Å². The third-order valence-corrected chi connectivity index (χ3v) is 5.07. The number of unbranched alkanes of at least 4 members (excludes halogenated alkanes) is 2. The lowest BCUT2D eigenvalue weighted by atomic mass is 10.2. The summed E-state index contributed by atoms with van der Waals surface area (Å²) < 4.78 is 0. The third-order valence-electron chi connectivity index (χ3n) is 5.07. The molecule has 5 nitrogen and oxygen atoms in total. The number of amides is 2. The van der Waals surface area contributed by atoms with E-state index in [1.165, 1.54) is 11.3 Å². The van der Waals surface area contributed by atoms with Crippen molar-refractivity contribution < 1.29 is 9.59 Å². The molecule has 1 heterocycles. The summed E-state index contributed by atoms with van der Waals surface area (Å²) in [6, 6.07) is 8.51. The molecular weight excluding hydrogens is 326 g/mol. The summed E-state index contributed by atoms with van der Waals surface area (Å²) in [7, 11) is 0. The molecule has 1 aliphatic rings. The van der Waals surface area contributed by atoms with E-state index in [9.17, 15) is 9.59 Å². The van der Waals surface area contributed by atoms with Crippen LogP contribution in [0, 0.1) is 6.92 Å². The molecule has 0 bridgehead atoms. The quantitative estimate of drug-likeness (QED) is 0.670. The van der Waals surface area contributed by atoms with Gasteiger partial charge in [0.25, 0.3) is 0 Å². The van der Waals surface area contributed by atoms with Crippen LogP contribution in [-0.2, 0) is 9.59 Å². The van der Waals surface area contributed by atoms with E-state index in [1.807, 2.05) is 9.80 Å². The highest BCUT2D eigenvalue weighted by Crippen LogP contribution is 2.18. The first-order valence-electron chi connectivity index (χ1n) is 9.86. The largest absolute Gasteiger partial charge is 0.368 e. The minimum absolute atomic E-state index is 0.0677. The van der Waals surface area contributed by atoms with Crippen LogP contribution < -0.4 is 4.90 Å². The van der Waals surface area contributed by atoms with Crippen LogP contribution in [0.25, 0.3) is 0 Å². The van der Waals surface area contributed by atoms with Gasteiger partial charge in [-0.25, -0.2) is 0 Å². The molecule has 0 spiro atoms. The molecular formula is C21H33N3O2. The standard InChI is InChI=1S/C21H33N3O2/c1-4-5-6-11-22(19(3)25)12-10-21(26)24-15-13-23(14-16-24)20-9-7-8-18(2)17-20/h7-9,17H,4-6,10-16H2,1-3H3. The second kappa shape index (κ2) is 10.2. The van der Waals surface area contributed by atoms with Gasteiger partial charge in [-0.1, -0.05) is 31.9 Å². The third kappa shape index (κ3) is 6.04. The molecule has 1 aromatic carbocycles. The smallest absolute Gasteiger partial charge is 0.224 e. The number of anilines is 1. The van der Waals surface area contributed by atoms with E-state index in [4.69, 9.17) is 0 Å². The summed E-state index contributed by atoms with van der Waals surface area (Å²) in [5.41, 5.74) is 2.49.